The zero-order valence-corrected chi connectivity index (χ0v) is 18.3. The van der Waals surface area contributed by atoms with Crippen LogP contribution in [0.2, 0.25) is 0 Å². The smallest absolute Gasteiger partial charge is 0.309 e. The molecular weight excluding hydrogens is 420 g/mol. The molecule has 0 N–H and O–H groups in total. The molecule has 4 fully saturated rings. The minimum absolute atomic E-state index is 0.0964. The van der Waals surface area contributed by atoms with E-state index in [0.29, 0.717) is 38.5 Å². The van der Waals surface area contributed by atoms with E-state index < -0.39 is 35.6 Å². The Morgan fingerprint density at radius 3 is 1.38 bits per heavy atom. The molecule has 2 aliphatic heterocycles. The highest BCUT2D eigenvalue weighted by Crippen LogP contribution is 2.41. The molecule has 10 heteroatoms. The van der Waals surface area contributed by atoms with E-state index in [1.165, 1.54) is 14.1 Å². The molecule has 6 unspecified atom stereocenters. The van der Waals surface area contributed by atoms with Gasteiger partial charge in [0.15, 0.2) is 0 Å². The molecule has 0 bridgehead atoms. The van der Waals surface area contributed by atoms with Crippen molar-refractivity contribution in [3.05, 3.63) is 0 Å². The summed E-state index contributed by atoms with van der Waals surface area (Å²) in [6.07, 6.45) is 2.52. The van der Waals surface area contributed by atoms with E-state index >= 15 is 0 Å². The van der Waals surface area contributed by atoms with Gasteiger partial charge in [-0.25, -0.2) is 0 Å². The van der Waals surface area contributed by atoms with E-state index in [0.717, 1.165) is 9.80 Å². The normalized spacial score (nSPS) is 34.4. The van der Waals surface area contributed by atoms with Crippen molar-refractivity contribution in [3.8, 4) is 0 Å². The molecular formula is C22H28N2O8. The SMILES string of the molecule is CN1C(=O)C2CCC(C(=O)OCCOC(=O)C3CCC4C(=O)N(C)C(=O)C4C3)CC2C1=O. The van der Waals surface area contributed by atoms with Crippen molar-refractivity contribution >= 4 is 35.6 Å². The molecule has 4 amide bonds. The zero-order chi connectivity index (χ0) is 23.2. The van der Waals surface area contributed by atoms with Gasteiger partial charge in [0.2, 0.25) is 23.6 Å². The second-order valence-electron chi connectivity index (χ2n) is 9.25. The number of rotatable bonds is 5. The minimum atomic E-state index is -0.462. The molecule has 4 aliphatic rings. The number of carbonyl (C=O) groups is 6. The Morgan fingerprint density at radius 2 is 1.00 bits per heavy atom. The first-order valence-electron chi connectivity index (χ1n) is 11.2. The number of ether oxygens (including phenoxy) is 2. The predicted molar refractivity (Wildman–Crippen MR) is 106 cm³/mol. The standard InChI is InChI=1S/C22H28N2O8/c1-23-17(25)13-5-3-11(9-15(13)19(23)27)21(29)31-7-8-32-22(30)12-4-6-14-16(10-12)20(28)24(2)18(14)26/h11-16H,3-10H2,1-2H3. The van der Waals surface area contributed by atoms with E-state index in [1.807, 2.05) is 0 Å². The largest absolute Gasteiger partial charge is 0.462 e. The van der Waals surface area contributed by atoms with Gasteiger partial charge in [-0.15, -0.1) is 0 Å². The molecule has 32 heavy (non-hydrogen) atoms. The summed E-state index contributed by atoms with van der Waals surface area (Å²) in [4.78, 5) is 75.5. The Hall–Kier alpha value is -2.78. The molecule has 2 saturated heterocycles. The molecule has 0 aromatic carbocycles. The second-order valence-corrected chi connectivity index (χ2v) is 9.25. The average molecular weight is 448 g/mol. The van der Waals surface area contributed by atoms with Gasteiger partial charge in [-0.1, -0.05) is 0 Å². The van der Waals surface area contributed by atoms with E-state index in [4.69, 9.17) is 9.47 Å². The van der Waals surface area contributed by atoms with Crippen LogP contribution in [0.25, 0.3) is 0 Å². The summed E-state index contributed by atoms with van der Waals surface area (Å²) in [5.41, 5.74) is 0. The molecule has 4 rings (SSSR count). The maximum Gasteiger partial charge on any atom is 0.309 e. The van der Waals surface area contributed by atoms with Crippen LogP contribution >= 0.6 is 0 Å². The van der Waals surface area contributed by atoms with Crippen LogP contribution in [0, 0.1) is 35.5 Å². The maximum atomic E-state index is 12.4. The lowest BCUT2D eigenvalue weighted by molar-refractivity contribution is -0.160. The monoisotopic (exact) mass is 448 g/mol. The van der Waals surface area contributed by atoms with Crippen molar-refractivity contribution in [2.75, 3.05) is 27.3 Å². The highest BCUT2D eigenvalue weighted by atomic mass is 16.6. The quantitative estimate of drug-likeness (QED) is 0.330. The first kappa shape index (κ1) is 22.4. The fraction of sp³-hybridized carbons (Fsp3) is 0.727. The van der Waals surface area contributed by atoms with Crippen LogP contribution < -0.4 is 0 Å². The molecule has 0 aromatic rings. The Kier molecular flexibility index (Phi) is 6.05. The van der Waals surface area contributed by atoms with Gasteiger partial charge in [0, 0.05) is 14.1 Å². The van der Waals surface area contributed by atoms with E-state index in [9.17, 15) is 28.8 Å². The summed E-state index contributed by atoms with van der Waals surface area (Å²) in [5, 5.41) is 0. The number of esters is 2. The number of nitrogens with zero attached hydrogens (tertiary/aromatic N) is 2. The Balaban J connectivity index is 1.19. The van der Waals surface area contributed by atoms with E-state index in [-0.39, 0.29) is 48.7 Å². The van der Waals surface area contributed by atoms with Crippen LogP contribution in [-0.2, 0) is 38.2 Å². The topological polar surface area (TPSA) is 127 Å². The fourth-order valence-electron chi connectivity index (χ4n) is 5.64. The molecule has 0 spiro atoms. The van der Waals surface area contributed by atoms with Crippen molar-refractivity contribution in [2.45, 2.75) is 38.5 Å². The Labute approximate surface area is 185 Å². The zero-order valence-electron chi connectivity index (χ0n) is 18.3. The van der Waals surface area contributed by atoms with Crippen molar-refractivity contribution in [3.63, 3.8) is 0 Å². The van der Waals surface area contributed by atoms with Crippen LogP contribution in [0.5, 0.6) is 0 Å². The fourth-order valence-corrected chi connectivity index (χ4v) is 5.64. The number of fused-ring (bicyclic) bond motifs is 2. The van der Waals surface area contributed by atoms with Gasteiger partial charge in [0.1, 0.15) is 13.2 Å². The molecule has 0 aromatic heterocycles. The van der Waals surface area contributed by atoms with Gasteiger partial charge < -0.3 is 9.47 Å². The first-order valence-corrected chi connectivity index (χ1v) is 11.2. The average Bonchev–Trinajstić information content (AvgIpc) is 3.15. The van der Waals surface area contributed by atoms with Gasteiger partial charge in [-0.3, -0.25) is 38.6 Å². The number of amides is 4. The summed E-state index contributed by atoms with van der Waals surface area (Å²) in [6.45, 7) is -0.193. The summed E-state index contributed by atoms with van der Waals surface area (Å²) >= 11 is 0. The van der Waals surface area contributed by atoms with Gasteiger partial charge in [-0.05, 0) is 38.5 Å². The number of carbonyl (C=O) groups excluding carboxylic acids is 6. The molecule has 0 radical (unpaired) electrons. The van der Waals surface area contributed by atoms with Gasteiger partial charge in [-0.2, -0.15) is 0 Å². The van der Waals surface area contributed by atoms with Crippen LogP contribution in [-0.4, -0.2) is 72.7 Å². The molecule has 2 aliphatic carbocycles. The summed E-state index contributed by atoms with van der Waals surface area (Å²) < 4.78 is 10.5. The van der Waals surface area contributed by atoms with Crippen molar-refractivity contribution in [1.82, 2.24) is 9.80 Å². The van der Waals surface area contributed by atoms with Gasteiger partial charge >= 0.3 is 11.9 Å². The predicted octanol–water partition coefficient (Wildman–Crippen LogP) is 0.135. The lowest BCUT2D eigenvalue weighted by Gasteiger charge is -2.28. The third kappa shape index (κ3) is 3.80. The maximum absolute atomic E-state index is 12.4. The van der Waals surface area contributed by atoms with Gasteiger partial charge in [0.25, 0.3) is 0 Å². The Bertz CT molecular complexity index is 800. The van der Waals surface area contributed by atoms with Gasteiger partial charge in [0.05, 0.1) is 35.5 Å². The summed E-state index contributed by atoms with van der Waals surface area (Å²) in [7, 11) is 2.94. The van der Waals surface area contributed by atoms with Crippen molar-refractivity contribution < 1.29 is 38.2 Å². The highest BCUT2D eigenvalue weighted by Gasteiger charge is 2.51. The number of imide groups is 2. The van der Waals surface area contributed by atoms with E-state index in [1.54, 1.807) is 0 Å². The van der Waals surface area contributed by atoms with E-state index in [2.05, 4.69) is 0 Å². The van der Waals surface area contributed by atoms with Crippen LogP contribution in [0.4, 0.5) is 0 Å². The molecule has 174 valence electrons. The lowest BCUT2D eigenvalue weighted by atomic mass is 9.75. The van der Waals surface area contributed by atoms with Crippen molar-refractivity contribution in [2.24, 2.45) is 35.5 Å². The first-order chi connectivity index (χ1) is 15.2. The highest BCUT2D eigenvalue weighted by molar-refractivity contribution is 6.05. The number of likely N-dealkylation sites (tertiary alicyclic amines) is 2. The third-order valence-electron chi connectivity index (χ3n) is 7.53. The Morgan fingerprint density at radius 1 is 0.656 bits per heavy atom. The number of hydrogen-bond donors (Lipinski definition) is 0. The molecule has 6 atom stereocenters. The van der Waals surface area contributed by atoms with Crippen LogP contribution in [0.3, 0.4) is 0 Å². The molecule has 10 nitrogen and oxygen atoms in total. The van der Waals surface area contributed by atoms with Crippen molar-refractivity contribution in [1.29, 1.82) is 0 Å². The number of hydrogen-bond acceptors (Lipinski definition) is 8. The molecule has 2 saturated carbocycles. The van der Waals surface area contributed by atoms with Crippen LogP contribution in [0.1, 0.15) is 38.5 Å². The second kappa shape index (κ2) is 8.63. The summed E-state index contributed by atoms with van der Waals surface area (Å²) in [5.74, 6) is -4.24. The third-order valence-corrected chi connectivity index (χ3v) is 7.53. The lowest BCUT2D eigenvalue weighted by Crippen LogP contribution is -2.33. The minimum Gasteiger partial charge on any atom is -0.462 e. The molecule has 2 heterocycles. The van der Waals surface area contributed by atoms with Crippen LogP contribution in [0.15, 0.2) is 0 Å². The summed E-state index contributed by atoms with van der Waals surface area (Å²) in [6, 6.07) is 0.